The first-order valence-corrected chi connectivity index (χ1v) is 4.31. The third-order valence-corrected chi connectivity index (χ3v) is 1.95. The predicted octanol–water partition coefficient (Wildman–Crippen LogP) is 1.79. The van der Waals surface area contributed by atoms with Crippen LogP contribution in [0.1, 0.15) is 5.69 Å². The van der Waals surface area contributed by atoms with Crippen molar-refractivity contribution in [3.05, 3.63) is 30.2 Å². The molecule has 2 aromatic heterocycles. The monoisotopic (exact) mass is 189 g/mol. The third kappa shape index (κ3) is 1.59. The standard InChI is InChI=1S/C10H11N3O/c1-7-3-10(13-12-7)8-4-9(14-2)6-11-5-8/h3-6H,1-2H3,(H,12,13). The van der Waals surface area contributed by atoms with E-state index in [1.165, 1.54) is 0 Å². The smallest absolute Gasteiger partial charge is 0.137 e. The Hall–Kier alpha value is -1.84. The second-order valence-corrected chi connectivity index (χ2v) is 3.05. The van der Waals surface area contributed by atoms with Gasteiger partial charge in [0.1, 0.15) is 5.75 Å². The van der Waals surface area contributed by atoms with E-state index in [-0.39, 0.29) is 0 Å². The van der Waals surface area contributed by atoms with Crippen LogP contribution >= 0.6 is 0 Å². The molecule has 0 aromatic carbocycles. The van der Waals surface area contributed by atoms with Crippen LogP contribution in [-0.2, 0) is 0 Å². The molecule has 0 spiro atoms. The van der Waals surface area contributed by atoms with Gasteiger partial charge in [-0.25, -0.2) is 0 Å². The molecule has 0 amide bonds. The van der Waals surface area contributed by atoms with Crippen LogP contribution in [0.25, 0.3) is 11.3 Å². The number of methoxy groups -OCH3 is 1. The second-order valence-electron chi connectivity index (χ2n) is 3.05. The van der Waals surface area contributed by atoms with E-state index < -0.39 is 0 Å². The summed E-state index contributed by atoms with van der Waals surface area (Å²) in [4.78, 5) is 4.06. The van der Waals surface area contributed by atoms with E-state index in [2.05, 4.69) is 15.2 Å². The zero-order valence-corrected chi connectivity index (χ0v) is 8.11. The van der Waals surface area contributed by atoms with Crippen molar-refractivity contribution < 1.29 is 4.74 Å². The molecule has 0 aliphatic heterocycles. The van der Waals surface area contributed by atoms with E-state index in [1.807, 2.05) is 19.1 Å². The minimum Gasteiger partial charge on any atom is -0.495 e. The molecule has 2 rings (SSSR count). The summed E-state index contributed by atoms with van der Waals surface area (Å²) in [7, 11) is 1.62. The van der Waals surface area contributed by atoms with Crippen LogP contribution < -0.4 is 4.74 Å². The van der Waals surface area contributed by atoms with Crippen LogP contribution in [0.2, 0.25) is 0 Å². The zero-order chi connectivity index (χ0) is 9.97. The molecule has 14 heavy (non-hydrogen) atoms. The summed E-state index contributed by atoms with van der Waals surface area (Å²) in [6.45, 7) is 1.96. The van der Waals surface area contributed by atoms with Crippen molar-refractivity contribution >= 4 is 0 Å². The molecule has 0 fully saturated rings. The fourth-order valence-electron chi connectivity index (χ4n) is 1.24. The van der Waals surface area contributed by atoms with Gasteiger partial charge in [0.05, 0.1) is 19.0 Å². The molecule has 72 valence electrons. The number of nitrogens with one attached hydrogen (secondary N) is 1. The van der Waals surface area contributed by atoms with E-state index in [9.17, 15) is 0 Å². The third-order valence-electron chi connectivity index (χ3n) is 1.95. The Balaban J connectivity index is 2.41. The summed E-state index contributed by atoms with van der Waals surface area (Å²) in [6.07, 6.45) is 3.43. The lowest BCUT2D eigenvalue weighted by Gasteiger charge is -2.00. The SMILES string of the molecule is COc1cncc(-c2cc(C)[nH]n2)c1. The fraction of sp³-hybridized carbons (Fsp3) is 0.200. The molecule has 0 radical (unpaired) electrons. The van der Waals surface area contributed by atoms with Gasteiger partial charge >= 0.3 is 0 Å². The van der Waals surface area contributed by atoms with Gasteiger partial charge in [-0.15, -0.1) is 0 Å². The molecular weight excluding hydrogens is 178 g/mol. The maximum atomic E-state index is 5.08. The Morgan fingerprint density at radius 2 is 2.14 bits per heavy atom. The van der Waals surface area contributed by atoms with Crippen molar-refractivity contribution in [2.75, 3.05) is 7.11 Å². The highest BCUT2D eigenvalue weighted by Crippen LogP contribution is 2.20. The van der Waals surface area contributed by atoms with E-state index in [4.69, 9.17) is 4.74 Å². The Kier molecular flexibility index (Phi) is 2.18. The molecule has 0 saturated heterocycles. The zero-order valence-electron chi connectivity index (χ0n) is 8.11. The van der Waals surface area contributed by atoms with Gasteiger partial charge in [-0.1, -0.05) is 0 Å². The minimum absolute atomic E-state index is 0.739. The first kappa shape index (κ1) is 8.74. The van der Waals surface area contributed by atoms with Crippen molar-refractivity contribution in [1.82, 2.24) is 15.2 Å². The molecule has 1 N–H and O–H groups in total. The first-order valence-electron chi connectivity index (χ1n) is 4.31. The molecule has 0 unspecified atom stereocenters. The number of nitrogens with zero attached hydrogens (tertiary/aromatic N) is 2. The van der Waals surface area contributed by atoms with E-state index >= 15 is 0 Å². The van der Waals surface area contributed by atoms with Crippen molar-refractivity contribution in [3.8, 4) is 17.0 Å². The lowest BCUT2D eigenvalue weighted by atomic mass is 10.2. The summed E-state index contributed by atoms with van der Waals surface area (Å²) in [5.74, 6) is 0.739. The minimum atomic E-state index is 0.739. The summed E-state index contributed by atoms with van der Waals surface area (Å²) < 4.78 is 5.08. The quantitative estimate of drug-likeness (QED) is 0.783. The van der Waals surface area contributed by atoms with Crippen molar-refractivity contribution in [3.63, 3.8) is 0 Å². The van der Waals surface area contributed by atoms with Crippen molar-refractivity contribution in [1.29, 1.82) is 0 Å². The Bertz CT molecular complexity index is 436. The number of hydrogen-bond acceptors (Lipinski definition) is 3. The van der Waals surface area contributed by atoms with E-state index in [1.54, 1.807) is 19.5 Å². The maximum Gasteiger partial charge on any atom is 0.137 e. The highest BCUT2D eigenvalue weighted by atomic mass is 16.5. The molecule has 0 atom stereocenters. The number of aryl methyl sites for hydroxylation is 1. The highest BCUT2D eigenvalue weighted by molar-refractivity contribution is 5.59. The van der Waals surface area contributed by atoms with Gasteiger partial charge in [-0.3, -0.25) is 10.1 Å². The molecule has 4 heteroatoms. The van der Waals surface area contributed by atoms with Crippen LogP contribution in [0, 0.1) is 6.92 Å². The first-order chi connectivity index (χ1) is 6.79. The van der Waals surface area contributed by atoms with Crippen LogP contribution in [0.4, 0.5) is 0 Å². The molecule has 4 nitrogen and oxygen atoms in total. The number of aromatic nitrogens is 3. The van der Waals surface area contributed by atoms with Gasteiger partial charge in [-0.2, -0.15) is 5.10 Å². The topological polar surface area (TPSA) is 50.8 Å². The van der Waals surface area contributed by atoms with Gasteiger partial charge in [0, 0.05) is 17.5 Å². The fourth-order valence-corrected chi connectivity index (χ4v) is 1.24. The molecule has 0 saturated carbocycles. The molecule has 2 aromatic rings. The largest absolute Gasteiger partial charge is 0.495 e. The molecule has 0 aliphatic carbocycles. The van der Waals surface area contributed by atoms with Gasteiger partial charge in [0.2, 0.25) is 0 Å². The number of H-pyrrole nitrogens is 1. The summed E-state index contributed by atoms with van der Waals surface area (Å²) in [5, 5.41) is 7.03. The normalized spacial score (nSPS) is 10.1. The highest BCUT2D eigenvalue weighted by Gasteiger charge is 2.03. The Labute approximate surface area is 81.9 Å². The van der Waals surface area contributed by atoms with E-state index in [0.29, 0.717) is 0 Å². The van der Waals surface area contributed by atoms with Gasteiger partial charge < -0.3 is 4.74 Å². The molecule has 0 aliphatic rings. The van der Waals surface area contributed by atoms with E-state index in [0.717, 1.165) is 22.7 Å². The Morgan fingerprint density at radius 1 is 1.29 bits per heavy atom. The molecule has 2 heterocycles. The molecular formula is C10H11N3O. The van der Waals surface area contributed by atoms with Crippen molar-refractivity contribution in [2.24, 2.45) is 0 Å². The summed E-state index contributed by atoms with van der Waals surface area (Å²) >= 11 is 0. The number of aromatic amines is 1. The predicted molar refractivity (Wildman–Crippen MR) is 53.1 cm³/mol. The number of pyridine rings is 1. The summed E-state index contributed by atoms with van der Waals surface area (Å²) in [6, 6.07) is 3.87. The van der Waals surface area contributed by atoms with Crippen LogP contribution in [0.5, 0.6) is 5.75 Å². The second kappa shape index (κ2) is 3.49. The molecule has 0 bridgehead atoms. The number of ether oxygens (including phenoxy) is 1. The van der Waals surface area contributed by atoms with Crippen molar-refractivity contribution in [2.45, 2.75) is 6.92 Å². The van der Waals surface area contributed by atoms with Gasteiger partial charge in [0.25, 0.3) is 0 Å². The van der Waals surface area contributed by atoms with Crippen LogP contribution in [0.15, 0.2) is 24.5 Å². The lowest BCUT2D eigenvalue weighted by molar-refractivity contribution is 0.413. The Morgan fingerprint density at radius 3 is 2.79 bits per heavy atom. The number of rotatable bonds is 2. The van der Waals surface area contributed by atoms with Crippen LogP contribution in [-0.4, -0.2) is 22.3 Å². The number of hydrogen-bond donors (Lipinski definition) is 1. The average Bonchev–Trinajstić information content (AvgIpc) is 2.65. The van der Waals surface area contributed by atoms with Crippen LogP contribution in [0.3, 0.4) is 0 Å². The summed E-state index contributed by atoms with van der Waals surface area (Å²) in [5.41, 5.74) is 2.87. The van der Waals surface area contributed by atoms with Gasteiger partial charge in [-0.05, 0) is 19.1 Å². The lowest BCUT2D eigenvalue weighted by Crippen LogP contribution is -1.86. The maximum absolute atomic E-state index is 5.08. The average molecular weight is 189 g/mol. The van der Waals surface area contributed by atoms with Gasteiger partial charge in [0.15, 0.2) is 0 Å².